The second-order valence-corrected chi connectivity index (χ2v) is 13.4. The minimum Gasteiger partial charge on any atom is -0.494 e. The number of halogens is 1. The quantitative estimate of drug-likeness (QED) is 0.108. The first-order chi connectivity index (χ1) is 25.9. The smallest absolute Gasteiger partial charge is 0.361 e. The molecule has 0 spiro atoms. The summed E-state index contributed by atoms with van der Waals surface area (Å²) >= 11 is 7.55. The van der Waals surface area contributed by atoms with Crippen molar-refractivity contribution < 1.29 is 14.3 Å². The van der Waals surface area contributed by atoms with Crippen LogP contribution in [0.25, 0.3) is 21.3 Å². The number of fused-ring (bicyclic) bond motifs is 1. The summed E-state index contributed by atoms with van der Waals surface area (Å²) in [5.74, 6) is 0.538. The van der Waals surface area contributed by atoms with Gasteiger partial charge in [0.25, 0.3) is 5.91 Å². The number of amides is 1. The zero-order valence-electron chi connectivity index (χ0n) is 28.3. The number of nitrogens with one attached hydrogen (secondary N) is 1. The lowest BCUT2D eigenvalue weighted by Crippen LogP contribution is -2.39. The SMILES string of the molecule is COc1cnc(Cl)cc1-c1cc(C)ncc1C(=O)Nc1nc2cc(Oc3nnn(C(c4ccccc4)(c4ccccc4)c4ccccc4)n3)ccc2s1. The fourth-order valence-electron chi connectivity index (χ4n) is 6.32. The maximum atomic E-state index is 13.7. The van der Waals surface area contributed by atoms with E-state index in [1.165, 1.54) is 30.8 Å². The third-order valence-electron chi connectivity index (χ3n) is 8.69. The van der Waals surface area contributed by atoms with Crippen molar-refractivity contribution in [2.24, 2.45) is 0 Å². The van der Waals surface area contributed by atoms with Crippen molar-refractivity contribution in [1.82, 2.24) is 35.2 Å². The Balaban J connectivity index is 1.09. The van der Waals surface area contributed by atoms with Crippen molar-refractivity contribution in [2.45, 2.75) is 12.5 Å². The molecule has 0 aliphatic carbocycles. The fourth-order valence-corrected chi connectivity index (χ4v) is 7.32. The molecule has 1 N–H and O–H groups in total. The number of pyridine rings is 2. The molecule has 0 atom stereocenters. The monoisotopic (exact) mass is 736 g/mol. The zero-order valence-corrected chi connectivity index (χ0v) is 29.9. The summed E-state index contributed by atoms with van der Waals surface area (Å²) in [7, 11) is 1.53. The normalized spacial score (nSPS) is 11.4. The molecule has 0 aliphatic rings. The molecule has 0 fully saturated rings. The summed E-state index contributed by atoms with van der Waals surface area (Å²) in [5, 5.41) is 17.3. The van der Waals surface area contributed by atoms with Crippen LogP contribution in [0.3, 0.4) is 0 Å². The highest BCUT2D eigenvalue weighted by molar-refractivity contribution is 7.22. The van der Waals surface area contributed by atoms with Crippen LogP contribution in [0.15, 0.2) is 134 Å². The van der Waals surface area contributed by atoms with Crippen LogP contribution in [-0.4, -0.2) is 48.2 Å². The maximum absolute atomic E-state index is 13.7. The molecular weight excluding hydrogens is 708 g/mol. The Morgan fingerprint density at radius 3 is 2.11 bits per heavy atom. The Bertz CT molecular complexity index is 2470. The number of aryl methyl sites for hydroxylation is 1. The molecule has 11 nitrogen and oxygen atoms in total. The van der Waals surface area contributed by atoms with Gasteiger partial charge in [-0.3, -0.25) is 15.1 Å². The van der Waals surface area contributed by atoms with Gasteiger partial charge in [0.1, 0.15) is 16.7 Å². The number of aromatic nitrogens is 7. The van der Waals surface area contributed by atoms with E-state index in [4.69, 9.17) is 26.2 Å². The Kier molecular flexibility index (Phi) is 9.05. The van der Waals surface area contributed by atoms with E-state index in [1.54, 1.807) is 29.1 Å². The average molecular weight is 737 g/mol. The minimum absolute atomic E-state index is 0.0614. The van der Waals surface area contributed by atoms with Crippen molar-refractivity contribution in [3.63, 3.8) is 0 Å². The molecule has 0 saturated carbocycles. The molecular formula is C40H29ClN8O3S. The second-order valence-electron chi connectivity index (χ2n) is 12.0. The third-order valence-corrected chi connectivity index (χ3v) is 9.85. The lowest BCUT2D eigenvalue weighted by atomic mass is 9.77. The number of thiazole rings is 1. The fraction of sp³-hybridized carbons (Fsp3) is 0.0750. The summed E-state index contributed by atoms with van der Waals surface area (Å²) in [6, 6.07) is 39.2. The van der Waals surface area contributed by atoms with Crippen LogP contribution in [0.1, 0.15) is 32.7 Å². The molecule has 13 heteroatoms. The van der Waals surface area contributed by atoms with E-state index in [1.807, 2.05) is 67.6 Å². The van der Waals surface area contributed by atoms with Gasteiger partial charge in [-0.1, -0.05) is 124 Å². The number of rotatable bonds is 10. The van der Waals surface area contributed by atoms with E-state index in [9.17, 15) is 4.79 Å². The number of carbonyl (C=O) groups is 1. The van der Waals surface area contributed by atoms with Crippen molar-refractivity contribution >= 4 is 44.2 Å². The number of anilines is 1. The van der Waals surface area contributed by atoms with E-state index in [2.05, 4.69) is 67.0 Å². The number of ether oxygens (including phenoxy) is 2. The molecule has 4 aromatic carbocycles. The van der Waals surface area contributed by atoms with E-state index in [0.29, 0.717) is 38.8 Å². The highest BCUT2D eigenvalue weighted by atomic mass is 35.5. The first-order valence-corrected chi connectivity index (χ1v) is 17.7. The summed E-state index contributed by atoms with van der Waals surface area (Å²) in [4.78, 5) is 28.4. The van der Waals surface area contributed by atoms with Crippen LogP contribution in [0, 0.1) is 6.92 Å². The topological polar surface area (TPSA) is 130 Å². The lowest BCUT2D eigenvalue weighted by Gasteiger charge is -2.34. The molecule has 0 aliphatic heterocycles. The Labute approximate surface area is 312 Å². The number of nitrogens with zero attached hydrogens (tertiary/aromatic N) is 7. The number of methoxy groups -OCH3 is 1. The van der Waals surface area contributed by atoms with Gasteiger partial charge in [-0.25, -0.2) is 9.97 Å². The van der Waals surface area contributed by atoms with Crippen molar-refractivity contribution in [1.29, 1.82) is 0 Å². The van der Waals surface area contributed by atoms with E-state index in [0.717, 1.165) is 27.1 Å². The minimum atomic E-state index is -0.938. The summed E-state index contributed by atoms with van der Waals surface area (Å²) in [5.41, 5.74) is 4.81. The molecule has 53 heavy (non-hydrogen) atoms. The molecule has 0 unspecified atom stereocenters. The highest BCUT2D eigenvalue weighted by Crippen LogP contribution is 2.40. The number of benzene rings is 4. The molecule has 260 valence electrons. The van der Waals surface area contributed by atoms with Crippen molar-refractivity contribution in [2.75, 3.05) is 12.4 Å². The van der Waals surface area contributed by atoms with E-state index in [-0.39, 0.29) is 11.2 Å². The molecule has 0 saturated heterocycles. The van der Waals surface area contributed by atoms with Crippen LogP contribution in [-0.2, 0) is 5.54 Å². The van der Waals surface area contributed by atoms with Gasteiger partial charge < -0.3 is 9.47 Å². The van der Waals surface area contributed by atoms with Crippen LogP contribution < -0.4 is 14.8 Å². The van der Waals surface area contributed by atoms with Crippen LogP contribution in [0.4, 0.5) is 5.13 Å². The predicted molar refractivity (Wildman–Crippen MR) is 204 cm³/mol. The van der Waals surface area contributed by atoms with Crippen LogP contribution >= 0.6 is 22.9 Å². The Morgan fingerprint density at radius 1 is 0.811 bits per heavy atom. The van der Waals surface area contributed by atoms with E-state index >= 15 is 0 Å². The molecule has 1 amide bonds. The van der Waals surface area contributed by atoms with Gasteiger partial charge in [0.2, 0.25) is 0 Å². The Morgan fingerprint density at radius 2 is 1.47 bits per heavy atom. The number of hydrogen-bond donors (Lipinski definition) is 1. The molecule has 4 aromatic heterocycles. The van der Waals surface area contributed by atoms with Gasteiger partial charge in [0.15, 0.2) is 10.7 Å². The lowest BCUT2D eigenvalue weighted by molar-refractivity contribution is 0.102. The number of hydrogen-bond acceptors (Lipinski definition) is 10. The van der Waals surface area contributed by atoms with E-state index < -0.39 is 11.4 Å². The van der Waals surface area contributed by atoms with Crippen LogP contribution in [0.2, 0.25) is 5.15 Å². The number of carbonyl (C=O) groups excluding carboxylic acids is 1. The van der Waals surface area contributed by atoms with Crippen molar-refractivity contribution in [3.05, 3.63) is 167 Å². The second kappa shape index (κ2) is 14.3. The maximum Gasteiger partial charge on any atom is 0.361 e. The average Bonchev–Trinajstić information content (AvgIpc) is 3.83. The highest BCUT2D eigenvalue weighted by Gasteiger charge is 2.41. The summed E-state index contributed by atoms with van der Waals surface area (Å²) < 4.78 is 12.5. The van der Waals surface area contributed by atoms with Crippen molar-refractivity contribution in [3.8, 4) is 28.6 Å². The van der Waals surface area contributed by atoms with Gasteiger partial charge in [-0.15, -0.1) is 4.80 Å². The predicted octanol–water partition coefficient (Wildman–Crippen LogP) is 8.60. The standard InChI is InChI=1S/C40H29ClN8O3S/c1-25-20-30(31-22-36(41)43-24-34(31)51-2)32(23-42-25)37(50)45-39-44-33-21-29(18-19-35(33)53-39)52-38-46-48-49(47-38)40(26-12-6-3-7-13-26,27-14-8-4-9-15-27)28-16-10-5-11-17-28/h3-24H,1-2H3,(H,44,45,50). The van der Waals surface area contributed by atoms with Crippen LogP contribution in [0.5, 0.6) is 17.5 Å². The zero-order chi connectivity index (χ0) is 36.4. The largest absolute Gasteiger partial charge is 0.494 e. The third kappa shape index (κ3) is 6.45. The summed E-state index contributed by atoms with van der Waals surface area (Å²) in [6.07, 6.45) is 3.04. The summed E-state index contributed by atoms with van der Waals surface area (Å²) in [6.45, 7) is 1.84. The van der Waals surface area contributed by atoms with Gasteiger partial charge in [-0.2, -0.15) is 0 Å². The Hall–Kier alpha value is -6.50. The first kappa shape index (κ1) is 33.6. The van der Waals surface area contributed by atoms with Gasteiger partial charge in [-0.05, 0) is 53.1 Å². The molecule has 0 radical (unpaired) electrons. The first-order valence-electron chi connectivity index (χ1n) is 16.5. The molecule has 8 rings (SSSR count). The molecule has 4 heterocycles. The molecule has 0 bridgehead atoms. The number of tetrazole rings is 1. The van der Waals surface area contributed by atoms with Gasteiger partial charge >= 0.3 is 6.01 Å². The van der Waals surface area contributed by atoms with Gasteiger partial charge in [0.05, 0.1) is 29.1 Å². The van der Waals surface area contributed by atoms with Gasteiger partial charge in [0, 0.05) is 29.1 Å². The molecule has 8 aromatic rings.